The number of likely N-dealkylation sites (tertiary alicyclic amines) is 2. The lowest BCUT2D eigenvalue weighted by Crippen LogP contribution is -2.46. The second-order valence-corrected chi connectivity index (χ2v) is 7.25. The van der Waals surface area contributed by atoms with Crippen LogP contribution in [0.4, 0.5) is 0 Å². The van der Waals surface area contributed by atoms with E-state index in [2.05, 4.69) is 10.3 Å². The average Bonchev–Trinajstić information content (AvgIpc) is 3.23. The zero-order chi connectivity index (χ0) is 16.5. The molecule has 6 heteroatoms. The molecule has 3 aliphatic heterocycles. The Kier molecular flexibility index (Phi) is 4.22. The molecule has 1 aromatic rings. The van der Waals surface area contributed by atoms with Crippen molar-refractivity contribution in [3.8, 4) is 0 Å². The molecule has 128 valence electrons. The Hall–Kier alpha value is -1.95. The molecule has 0 saturated carbocycles. The number of hydrogen-bond donors (Lipinski definition) is 1. The molecule has 1 aromatic heterocycles. The lowest BCUT2D eigenvalue weighted by Gasteiger charge is -2.34. The maximum atomic E-state index is 12.9. The molecule has 0 radical (unpaired) electrons. The summed E-state index contributed by atoms with van der Waals surface area (Å²) in [7, 11) is 0. The summed E-state index contributed by atoms with van der Waals surface area (Å²) < 4.78 is 0. The summed E-state index contributed by atoms with van der Waals surface area (Å²) in [5.74, 6) is 1.45. The van der Waals surface area contributed by atoms with Crippen LogP contribution in [0.3, 0.4) is 0 Å². The van der Waals surface area contributed by atoms with Gasteiger partial charge in [-0.3, -0.25) is 14.6 Å². The molecule has 6 nitrogen and oxygen atoms in total. The van der Waals surface area contributed by atoms with Crippen LogP contribution < -0.4 is 5.32 Å². The van der Waals surface area contributed by atoms with Gasteiger partial charge >= 0.3 is 0 Å². The quantitative estimate of drug-likeness (QED) is 0.864. The SMILES string of the molecule is O=C(c1ccncc1)N1CCCC(C(=O)N2C[C@H]3CNC[C@H]3C2)C1. The lowest BCUT2D eigenvalue weighted by atomic mass is 9.96. The molecule has 24 heavy (non-hydrogen) atoms. The lowest BCUT2D eigenvalue weighted by molar-refractivity contribution is -0.136. The van der Waals surface area contributed by atoms with Gasteiger partial charge in [0.1, 0.15) is 0 Å². The van der Waals surface area contributed by atoms with Crippen LogP contribution in [0.2, 0.25) is 0 Å². The molecule has 0 aliphatic carbocycles. The van der Waals surface area contributed by atoms with Gasteiger partial charge in [-0.15, -0.1) is 0 Å². The van der Waals surface area contributed by atoms with Gasteiger partial charge < -0.3 is 15.1 Å². The molecule has 3 atom stereocenters. The van der Waals surface area contributed by atoms with Crippen LogP contribution >= 0.6 is 0 Å². The Labute approximate surface area is 142 Å². The summed E-state index contributed by atoms with van der Waals surface area (Å²) in [4.78, 5) is 33.3. The van der Waals surface area contributed by atoms with Crippen molar-refractivity contribution in [1.29, 1.82) is 0 Å². The van der Waals surface area contributed by atoms with Crippen molar-refractivity contribution < 1.29 is 9.59 Å². The molecule has 4 rings (SSSR count). The third-order valence-corrected chi connectivity index (χ3v) is 5.69. The predicted octanol–water partition coefficient (Wildman–Crippen LogP) is 0.612. The van der Waals surface area contributed by atoms with E-state index in [1.54, 1.807) is 24.5 Å². The summed E-state index contributed by atoms with van der Waals surface area (Å²) in [6, 6.07) is 3.48. The summed E-state index contributed by atoms with van der Waals surface area (Å²) >= 11 is 0. The zero-order valence-electron chi connectivity index (χ0n) is 13.9. The van der Waals surface area contributed by atoms with Crippen LogP contribution in [0, 0.1) is 17.8 Å². The van der Waals surface area contributed by atoms with Gasteiger partial charge in [0.15, 0.2) is 0 Å². The van der Waals surface area contributed by atoms with Crippen LogP contribution in [0.15, 0.2) is 24.5 Å². The highest BCUT2D eigenvalue weighted by Crippen LogP contribution is 2.29. The third-order valence-electron chi connectivity index (χ3n) is 5.69. The summed E-state index contributed by atoms with van der Waals surface area (Å²) in [6.45, 7) is 5.11. The minimum absolute atomic E-state index is 0.0115. The van der Waals surface area contributed by atoms with E-state index in [-0.39, 0.29) is 17.7 Å². The van der Waals surface area contributed by atoms with Gasteiger partial charge in [-0.2, -0.15) is 0 Å². The molecule has 3 fully saturated rings. The molecular weight excluding hydrogens is 304 g/mol. The molecule has 3 saturated heterocycles. The number of fused-ring (bicyclic) bond motifs is 1. The fraction of sp³-hybridized carbons (Fsp3) is 0.611. The normalized spacial score (nSPS) is 29.6. The summed E-state index contributed by atoms with van der Waals surface area (Å²) in [6.07, 6.45) is 5.06. The minimum Gasteiger partial charge on any atom is -0.342 e. The maximum Gasteiger partial charge on any atom is 0.253 e. The van der Waals surface area contributed by atoms with E-state index in [1.165, 1.54) is 0 Å². The topological polar surface area (TPSA) is 65.5 Å². The minimum atomic E-state index is -0.0451. The number of carbonyl (C=O) groups excluding carboxylic acids is 2. The van der Waals surface area contributed by atoms with Crippen molar-refractivity contribution in [2.24, 2.45) is 17.8 Å². The zero-order valence-corrected chi connectivity index (χ0v) is 13.9. The molecule has 0 bridgehead atoms. The molecule has 0 spiro atoms. The van der Waals surface area contributed by atoms with Gasteiger partial charge in [0, 0.05) is 57.2 Å². The van der Waals surface area contributed by atoms with Crippen molar-refractivity contribution in [2.75, 3.05) is 39.3 Å². The molecule has 4 heterocycles. The second-order valence-electron chi connectivity index (χ2n) is 7.25. The molecule has 2 amide bonds. The Morgan fingerprint density at radius 1 is 1.04 bits per heavy atom. The van der Waals surface area contributed by atoms with Crippen LogP contribution in [0.25, 0.3) is 0 Å². The number of nitrogens with one attached hydrogen (secondary N) is 1. The van der Waals surface area contributed by atoms with Crippen LogP contribution in [0.1, 0.15) is 23.2 Å². The van der Waals surface area contributed by atoms with Crippen molar-refractivity contribution in [1.82, 2.24) is 20.1 Å². The highest BCUT2D eigenvalue weighted by atomic mass is 16.2. The maximum absolute atomic E-state index is 12.9. The fourth-order valence-corrected chi connectivity index (χ4v) is 4.33. The molecule has 1 unspecified atom stereocenters. The van der Waals surface area contributed by atoms with Gasteiger partial charge in [-0.05, 0) is 36.8 Å². The van der Waals surface area contributed by atoms with E-state index < -0.39 is 0 Å². The highest BCUT2D eigenvalue weighted by molar-refractivity contribution is 5.94. The van der Waals surface area contributed by atoms with Gasteiger partial charge in [0.2, 0.25) is 5.91 Å². The van der Waals surface area contributed by atoms with E-state index in [4.69, 9.17) is 0 Å². The van der Waals surface area contributed by atoms with Gasteiger partial charge in [0.05, 0.1) is 5.92 Å². The second kappa shape index (κ2) is 6.51. The van der Waals surface area contributed by atoms with Crippen LogP contribution in [0.5, 0.6) is 0 Å². The Bertz CT molecular complexity index is 609. The first-order chi connectivity index (χ1) is 11.7. The van der Waals surface area contributed by atoms with Crippen molar-refractivity contribution in [2.45, 2.75) is 12.8 Å². The average molecular weight is 328 g/mol. The number of piperidine rings is 1. The summed E-state index contributed by atoms with van der Waals surface area (Å²) in [5.41, 5.74) is 0.653. The van der Waals surface area contributed by atoms with E-state index in [1.807, 2.05) is 9.80 Å². The number of nitrogens with zero attached hydrogens (tertiary/aromatic N) is 3. The number of aromatic nitrogens is 1. The van der Waals surface area contributed by atoms with E-state index in [0.717, 1.165) is 45.6 Å². The third kappa shape index (κ3) is 2.90. The van der Waals surface area contributed by atoms with E-state index >= 15 is 0 Å². The molecule has 1 N–H and O–H groups in total. The highest BCUT2D eigenvalue weighted by Gasteiger charge is 2.40. The first-order valence-corrected chi connectivity index (χ1v) is 8.91. The van der Waals surface area contributed by atoms with Crippen LogP contribution in [-0.2, 0) is 4.79 Å². The Morgan fingerprint density at radius 2 is 1.75 bits per heavy atom. The van der Waals surface area contributed by atoms with Crippen molar-refractivity contribution in [3.05, 3.63) is 30.1 Å². The Balaban J connectivity index is 1.40. The number of amides is 2. The summed E-state index contributed by atoms with van der Waals surface area (Å²) in [5, 5.41) is 3.41. The molecule has 0 aromatic carbocycles. The largest absolute Gasteiger partial charge is 0.342 e. The first kappa shape index (κ1) is 15.6. The van der Waals surface area contributed by atoms with Crippen molar-refractivity contribution >= 4 is 11.8 Å². The van der Waals surface area contributed by atoms with Gasteiger partial charge in [-0.1, -0.05) is 0 Å². The number of pyridine rings is 1. The smallest absolute Gasteiger partial charge is 0.253 e. The number of hydrogen-bond acceptors (Lipinski definition) is 4. The van der Waals surface area contributed by atoms with Crippen molar-refractivity contribution in [3.63, 3.8) is 0 Å². The van der Waals surface area contributed by atoms with E-state index in [9.17, 15) is 9.59 Å². The number of carbonyl (C=O) groups is 2. The number of rotatable bonds is 2. The monoisotopic (exact) mass is 328 g/mol. The van der Waals surface area contributed by atoms with Gasteiger partial charge in [0.25, 0.3) is 5.91 Å². The van der Waals surface area contributed by atoms with Crippen LogP contribution in [-0.4, -0.2) is 65.9 Å². The van der Waals surface area contributed by atoms with E-state index in [0.29, 0.717) is 23.9 Å². The van der Waals surface area contributed by atoms with Gasteiger partial charge in [-0.25, -0.2) is 0 Å². The first-order valence-electron chi connectivity index (χ1n) is 8.91. The predicted molar refractivity (Wildman–Crippen MR) is 89.3 cm³/mol. The Morgan fingerprint density at radius 3 is 2.46 bits per heavy atom. The molecular formula is C18H24N4O2. The fourth-order valence-electron chi connectivity index (χ4n) is 4.33. The standard InChI is InChI=1S/C18H24N4O2/c23-17(13-3-5-19-6-4-13)21-7-1-2-14(10-21)18(24)22-11-15-8-20-9-16(15)12-22/h3-6,14-16,20H,1-2,7-12H2/t14?,15-,16+. The molecule has 3 aliphatic rings.